The Morgan fingerprint density at radius 1 is 1.18 bits per heavy atom. The van der Waals surface area contributed by atoms with Gasteiger partial charge in [-0.15, -0.1) is 0 Å². The second kappa shape index (κ2) is 7.81. The first kappa shape index (κ1) is 18.7. The van der Waals surface area contributed by atoms with Crippen LogP contribution >= 0.6 is 0 Å². The monoisotopic (exact) mass is 313 g/mol. The van der Waals surface area contributed by atoms with Crippen molar-refractivity contribution in [1.82, 2.24) is 15.5 Å². The summed E-state index contributed by atoms with van der Waals surface area (Å²) in [6.07, 6.45) is 1.28. The lowest BCUT2D eigenvalue weighted by Crippen LogP contribution is -2.57. The van der Waals surface area contributed by atoms with E-state index < -0.39 is 5.60 Å². The Kier molecular flexibility index (Phi) is 6.66. The van der Waals surface area contributed by atoms with E-state index in [-0.39, 0.29) is 30.1 Å². The minimum Gasteiger partial charge on any atom is -0.444 e. The molecule has 0 aromatic carbocycles. The van der Waals surface area contributed by atoms with Crippen molar-refractivity contribution in [2.45, 2.75) is 78.1 Å². The molecule has 1 aliphatic rings. The number of nitrogens with one attached hydrogen (secondary N) is 2. The molecule has 2 N–H and O–H groups in total. The van der Waals surface area contributed by atoms with Crippen molar-refractivity contribution >= 4 is 12.0 Å². The van der Waals surface area contributed by atoms with Crippen LogP contribution in [0.2, 0.25) is 0 Å². The molecule has 6 heteroatoms. The summed E-state index contributed by atoms with van der Waals surface area (Å²) in [5.41, 5.74) is -0.476. The third kappa shape index (κ3) is 5.83. The SMILES string of the molecule is CCN(CC)C(=O)C(C)NC1CC(NC(=O)OC(C)(C)C)C1. The summed E-state index contributed by atoms with van der Waals surface area (Å²) in [6, 6.07) is 0.213. The molecule has 0 aliphatic heterocycles. The van der Waals surface area contributed by atoms with Gasteiger partial charge < -0.3 is 20.3 Å². The third-order valence-electron chi connectivity index (χ3n) is 3.79. The summed E-state index contributed by atoms with van der Waals surface area (Å²) in [5.74, 6) is 0.133. The van der Waals surface area contributed by atoms with Gasteiger partial charge in [-0.2, -0.15) is 0 Å². The highest BCUT2D eigenvalue weighted by Gasteiger charge is 2.33. The first-order valence-corrected chi connectivity index (χ1v) is 8.20. The van der Waals surface area contributed by atoms with E-state index in [1.165, 1.54) is 0 Å². The van der Waals surface area contributed by atoms with Crippen molar-refractivity contribution in [2.75, 3.05) is 13.1 Å². The summed E-state index contributed by atoms with van der Waals surface area (Å²) in [6.45, 7) is 12.9. The van der Waals surface area contributed by atoms with Crippen molar-refractivity contribution in [3.63, 3.8) is 0 Å². The van der Waals surface area contributed by atoms with Gasteiger partial charge in [0, 0.05) is 25.2 Å². The number of ether oxygens (including phenoxy) is 1. The first-order chi connectivity index (χ1) is 10.2. The van der Waals surface area contributed by atoms with Gasteiger partial charge in [-0.25, -0.2) is 4.79 Å². The Hall–Kier alpha value is -1.30. The van der Waals surface area contributed by atoms with Crippen LogP contribution in [0.5, 0.6) is 0 Å². The van der Waals surface area contributed by atoms with Crippen molar-refractivity contribution in [1.29, 1.82) is 0 Å². The van der Waals surface area contributed by atoms with E-state index in [4.69, 9.17) is 4.74 Å². The fourth-order valence-electron chi connectivity index (χ4n) is 2.58. The molecule has 128 valence electrons. The fraction of sp³-hybridized carbons (Fsp3) is 0.875. The van der Waals surface area contributed by atoms with Crippen LogP contribution in [0.3, 0.4) is 0 Å². The zero-order chi connectivity index (χ0) is 16.9. The fourth-order valence-corrected chi connectivity index (χ4v) is 2.58. The molecule has 6 nitrogen and oxygen atoms in total. The van der Waals surface area contributed by atoms with Gasteiger partial charge in [0.1, 0.15) is 5.60 Å². The predicted octanol–water partition coefficient (Wildman–Crippen LogP) is 1.89. The lowest BCUT2D eigenvalue weighted by atomic mass is 9.86. The van der Waals surface area contributed by atoms with Gasteiger partial charge >= 0.3 is 6.09 Å². The van der Waals surface area contributed by atoms with Crippen molar-refractivity contribution in [3.8, 4) is 0 Å². The minimum atomic E-state index is -0.476. The van der Waals surface area contributed by atoms with Crippen LogP contribution in [0.25, 0.3) is 0 Å². The Labute approximate surface area is 134 Å². The van der Waals surface area contributed by atoms with Crippen molar-refractivity contribution < 1.29 is 14.3 Å². The zero-order valence-corrected chi connectivity index (χ0v) is 14.7. The summed E-state index contributed by atoms with van der Waals surface area (Å²) in [7, 11) is 0. The van der Waals surface area contributed by atoms with E-state index in [0.717, 1.165) is 25.9 Å². The van der Waals surface area contributed by atoms with Gasteiger partial charge in [-0.05, 0) is 54.4 Å². The maximum absolute atomic E-state index is 12.2. The number of amides is 2. The van der Waals surface area contributed by atoms with Crippen LogP contribution < -0.4 is 10.6 Å². The summed E-state index contributed by atoms with van der Waals surface area (Å²) >= 11 is 0. The summed E-state index contributed by atoms with van der Waals surface area (Å²) < 4.78 is 5.23. The van der Waals surface area contributed by atoms with E-state index in [0.29, 0.717) is 0 Å². The minimum absolute atomic E-state index is 0.128. The third-order valence-corrected chi connectivity index (χ3v) is 3.79. The Balaban J connectivity index is 2.28. The van der Waals surface area contributed by atoms with E-state index >= 15 is 0 Å². The molecule has 22 heavy (non-hydrogen) atoms. The molecule has 1 fully saturated rings. The highest BCUT2D eigenvalue weighted by Crippen LogP contribution is 2.21. The number of hydrogen-bond donors (Lipinski definition) is 2. The van der Waals surface area contributed by atoms with Gasteiger partial charge in [0.25, 0.3) is 0 Å². The smallest absolute Gasteiger partial charge is 0.407 e. The molecular formula is C16H31N3O3. The largest absolute Gasteiger partial charge is 0.444 e. The molecule has 0 heterocycles. The van der Waals surface area contributed by atoms with Crippen LogP contribution in [0.4, 0.5) is 4.79 Å². The average Bonchev–Trinajstić information content (AvgIpc) is 2.35. The number of hydrogen-bond acceptors (Lipinski definition) is 4. The zero-order valence-electron chi connectivity index (χ0n) is 14.7. The highest BCUT2D eigenvalue weighted by atomic mass is 16.6. The van der Waals surface area contributed by atoms with Crippen molar-refractivity contribution in [3.05, 3.63) is 0 Å². The standard InChI is InChI=1S/C16H31N3O3/c1-7-19(8-2)14(20)11(3)17-12-9-13(10-12)18-15(21)22-16(4,5)6/h11-13,17H,7-10H2,1-6H3,(H,18,21). The quantitative estimate of drug-likeness (QED) is 0.785. The second-order valence-corrected chi connectivity index (χ2v) is 6.91. The van der Waals surface area contributed by atoms with Gasteiger partial charge in [0.05, 0.1) is 6.04 Å². The summed E-state index contributed by atoms with van der Waals surface area (Å²) in [4.78, 5) is 25.6. The van der Waals surface area contributed by atoms with E-state index in [1.54, 1.807) is 0 Å². The molecule has 1 atom stereocenters. The summed E-state index contributed by atoms with van der Waals surface area (Å²) in [5, 5.41) is 6.19. The molecular weight excluding hydrogens is 282 g/mol. The lowest BCUT2D eigenvalue weighted by molar-refractivity contribution is -0.133. The maximum atomic E-state index is 12.2. The molecule has 0 spiro atoms. The molecule has 0 aromatic heterocycles. The maximum Gasteiger partial charge on any atom is 0.407 e. The number of carbonyl (C=O) groups excluding carboxylic acids is 2. The molecule has 1 rings (SSSR count). The predicted molar refractivity (Wildman–Crippen MR) is 86.7 cm³/mol. The Morgan fingerprint density at radius 2 is 1.73 bits per heavy atom. The topological polar surface area (TPSA) is 70.7 Å². The molecule has 1 unspecified atom stereocenters. The number of likely N-dealkylation sites (N-methyl/N-ethyl adjacent to an activating group) is 1. The molecule has 0 bridgehead atoms. The average molecular weight is 313 g/mol. The lowest BCUT2D eigenvalue weighted by Gasteiger charge is -2.38. The number of rotatable bonds is 6. The first-order valence-electron chi connectivity index (χ1n) is 8.20. The van der Waals surface area contributed by atoms with Gasteiger partial charge in [-0.3, -0.25) is 4.79 Å². The molecule has 0 radical (unpaired) electrons. The number of alkyl carbamates (subject to hydrolysis) is 1. The van der Waals surface area contributed by atoms with E-state index in [9.17, 15) is 9.59 Å². The van der Waals surface area contributed by atoms with Crippen molar-refractivity contribution in [2.24, 2.45) is 0 Å². The molecule has 2 amide bonds. The highest BCUT2D eigenvalue weighted by molar-refractivity contribution is 5.81. The van der Waals surface area contributed by atoms with E-state index in [1.807, 2.05) is 46.4 Å². The Bertz CT molecular complexity index is 383. The van der Waals surface area contributed by atoms with Gasteiger partial charge in [0.15, 0.2) is 0 Å². The van der Waals surface area contributed by atoms with Crippen LogP contribution in [-0.2, 0) is 9.53 Å². The molecule has 1 saturated carbocycles. The van der Waals surface area contributed by atoms with Crippen LogP contribution in [-0.4, -0.2) is 53.7 Å². The Morgan fingerprint density at radius 3 is 2.18 bits per heavy atom. The normalized spacial score (nSPS) is 22.5. The molecule has 1 aliphatic carbocycles. The number of nitrogens with zero attached hydrogens (tertiary/aromatic N) is 1. The second-order valence-electron chi connectivity index (χ2n) is 6.91. The van der Waals surface area contributed by atoms with Crippen LogP contribution in [0.15, 0.2) is 0 Å². The van der Waals surface area contributed by atoms with Crippen LogP contribution in [0.1, 0.15) is 54.4 Å². The van der Waals surface area contributed by atoms with Gasteiger partial charge in [0.2, 0.25) is 5.91 Å². The van der Waals surface area contributed by atoms with Crippen LogP contribution in [0, 0.1) is 0 Å². The molecule has 0 saturated heterocycles. The number of carbonyl (C=O) groups is 2. The molecule has 0 aromatic rings. The van der Waals surface area contributed by atoms with Gasteiger partial charge in [-0.1, -0.05) is 0 Å². The van der Waals surface area contributed by atoms with E-state index in [2.05, 4.69) is 10.6 Å².